The Morgan fingerprint density at radius 2 is 2.20 bits per heavy atom. The third kappa shape index (κ3) is 4.60. The van der Waals surface area contributed by atoms with Crippen molar-refractivity contribution in [3.8, 4) is 5.88 Å². The fraction of sp³-hybridized carbons (Fsp3) is 0.636. The van der Waals surface area contributed by atoms with Gasteiger partial charge in [0.05, 0.1) is 6.61 Å². The first-order valence-corrected chi connectivity index (χ1v) is 6.25. The van der Waals surface area contributed by atoms with Gasteiger partial charge in [0.15, 0.2) is 0 Å². The number of aromatic nitrogens is 2. The summed E-state index contributed by atoms with van der Waals surface area (Å²) in [5.74, 6) is 0.665. The molecule has 0 N–H and O–H groups in total. The van der Waals surface area contributed by atoms with E-state index in [9.17, 15) is 0 Å². The number of nitrogens with zero attached hydrogens (tertiary/aromatic N) is 2. The topological polar surface area (TPSA) is 35.0 Å². The molecule has 0 amide bonds. The van der Waals surface area contributed by atoms with E-state index in [2.05, 4.69) is 32.8 Å². The van der Waals surface area contributed by atoms with Crippen molar-refractivity contribution in [1.29, 1.82) is 0 Å². The lowest BCUT2D eigenvalue weighted by molar-refractivity contribution is 0.325. The third-order valence-corrected chi connectivity index (χ3v) is 2.80. The minimum atomic E-state index is 0.492. The molecule has 1 aromatic rings. The lowest BCUT2D eigenvalue weighted by atomic mass is 10.1. The highest BCUT2D eigenvalue weighted by molar-refractivity contribution is 9.09. The van der Waals surface area contributed by atoms with Gasteiger partial charge in [-0.2, -0.15) is 0 Å². The summed E-state index contributed by atoms with van der Waals surface area (Å²) in [5, 5.41) is 0. The van der Waals surface area contributed by atoms with Crippen LogP contribution in [0.15, 0.2) is 12.4 Å². The molecule has 1 unspecified atom stereocenters. The van der Waals surface area contributed by atoms with E-state index < -0.39 is 0 Å². The fourth-order valence-corrected chi connectivity index (χ4v) is 2.15. The number of halogens is 1. The zero-order valence-corrected chi connectivity index (χ0v) is 10.8. The number of ether oxygens (including phenoxy) is 1. The number of hydrogen-bond acceptors (Lipinski definition) is 3. The van der Waals surface area contributed by atoms with Crippen molar-refractivity contribution in [2.75, 3.05) is 6.61 Å². The molecule has 3 nitrogen and oxygen atoms in total. The highest BCUT2D eigenvalue weighted by Gasteiger charge is 2.06. The van der Waals surface area contributed by atoms with Gasteiger partial charge in [-0.05, 0) is 13.3 Å². The Labute approximate surface area is 99.4 Å². The van der Waals surface area contributed by atoms with E-state index in [4.69, 9.17) is 4.74 Å². The van der Waals surface area contributed by atoms with Gasteiger partial charge in [-0.3, -0.25) is 0 Å². The molecule has 0 aliphatic carbocycles. The molecule has 0 saturated carbocycles. The molecular formula is C11H17BrN2O. The summed E-state index contributed by atoms with van der Waals surface area (Å²) in [6, 6.07) is 1.91. The van der Waals surface area contributed by atoms with E-state index >= 15 is 0 Å². The van der Waals surface area contributed by atoms with Crippen molar-refractivity contribution in [3.63, 3.8) is 0 Å². The van der Waals surface area contributed by atoms with Gasteiger partial charge < -0.3 is 4.74 Å². The van der Waals surface area contributed by atoms with Crippen molar-refractivity contribution in [3.05, 3.63) is 18.1 Å². The van der Waals surface area contributed by atoms with Crippen molar-refractivity contribution in [1.82, 2.24) is 9.97 Å². The van der Waals surface area contributed by atoms with Gasteiger partial charge in [0.2, 0.25) is 5.88 Å². The third-order valence-electron chi connectivity index (χ3n) is 2.02. The molecule has 1 aromatic heterocycles. The standard InChI is InChI=1S/C11H17BrN2O/c1-3-5-9(12)6-10-7-11(15-4-2)14-8-13-10/h7-9H,3-6H2,1-2H3. The second kappa shape index (κ2) is 6.77. The molecule has 0 aliphatic rings. The van der Waals surface area contributed by atoms with E-state index in [0.29, 0.717) is 17.3 Å². The lowest BCUT2D eigenvalue weighted by Gasteiger charge is -2.08. The van der Waals surface area contributed by atoms with E-state index in [0.717, 1.165) is 18.5 Å². The van der Waals surface area contributed by atoms with E-state index in [1.165, 1.54) is 6.42 Å². The van der Waals surface area contributed by atoms with Crippen LogP contribution in [0.2, 0.25) is 0 Å². The highest BCUT2D eigenvalue weighted by Crippen LogP contribution is 2.15. The highest BCUT2D eigenvalue weighted by atomic mass is 79.9. The molecule has 0 saturated heterocycles. The van der Waals surface area contributed by atoms with Crippen LogP contribution in [0.4, 0.5) is 0 Å². The maximum atomic E-state index is 5.32. The van der Waals surface area contributed by atoms with Gasteiger partial charge in [0.1, 0.15) is 6.33 Å². The maximum Gasteiger partial charge on any atom is 0.216 e. The summed E-state index contributed by atoms with van der Waals surface area (Å²) in [6.45, 7) is 4.77. The summed E-state index contributed by atoms with van der Waals surface area (Å²) in [6.07, 6.45) is 4.83. The van der Waals surface area contributed by atoms with Gasteiger partial charge in [0, 0.05) is 23.0 Å². The van der Waals surface area contributed by atoms with Crippen LogP contribution in [-0.4, -0.2) is 21.4 Å². The number of hydrogen-bond donors (Lipinski definition) is 0. The van der Waals surface area contributed by atoms with Crippen molar-refractivity contribution in [2.45, 2.75) is 37.9 Å². The second-order valence-electron chi connectivity index (χ2n) is 3.37. The molecule has 0 radical (unpaired) electrons. The Bertz CT molecular complexity index is 294. The zero-order valence-electron chi connectivity index (χ0n) is 9.24. The van der Waals surface area contributed by atoms with E-state index in [-0.39, 0.29) is 0 Å². The van der Waals surface area contributed by atoms with Crippen LogP contribution in [0.3, 0.4) is 0 Å². The summed E-state index contributed by atoms with van der Waals surface area (Å²) in [7, 11) is 0. The van der Waals surface area contributed by atoms with Crippen LogP contribution >= 0.6 is 15.9 Å². The summed E-state index contributed by atoms with van der Waals surface area (Å²) < 4.78 is 5.32. The molecule has 0 fully saturated rings. The van der Waals surface area contributed by atoms with Crippen molar-refractivity contribution >= 4 is 15.9 Å². The predicted octanol–water partition coefficient (Wildman–Crippen LogP) is 2.98. The Kier molecular flexibility index (Phi) is 5.61. The SMILES string of the molecule is CCCC(Br)Cc1cc(OCC)ncn1. The first-order valence-electron chi connectivity index (χ1n) is 5.34. The van der Waals surface area contributed by atoms with Gasteiger partial charge in [-0.15, -0.1) is 0 Å². The first-order chi connectivity index (χ1) is 7.26. The summed E-state index contributed by atoms with van der Waals surface area (Å²) in [4.78, 5) is 8.75. The number of alkyl halides is 1. The van der Waals surface area contributed by atoms with Crippen LogP contribution in [-0.2, 0) is 6.42 Å². The summed E-state index contributed by atoms with van der Waals surface area (Å²) in [5.41, 5.74) is 1.03. The van der Waals surface area contributed by atoms with Crippen LogP contribution < -0.4 is 4.74 Å². The smallest absolute Gasteiger partial charge is 0.216 e. The molecule has 1 atom stereocenters. The van der Waals surface area contributed by atoms with Gasteiger partial charge >= 0.3 is 0 Å². The molecule has 0 aromatic carbocycles. The monoisotopic (exact) mass is 272 g/mol. The van der Waals surface area contributed by atoms with E-state index in [1.807, 2.05) is 13.0 Å². The van der Waals surface area contributed by atoms with Crippen LogP contribution in [0, 0.1) is 0 Å². The van der Waals surface area contributed by atoms with Gasteiger partial charge in [0.25, 0.3) is 0 Å². The normalized spacial score (nSPS) is 12.5. The van der Waals surface area contributed by atoms with Crippen molar-refractivity contribution in [2.24, 2.45) is 0 Å². The summed E-state index contributed by atoms with van der Waals surface area (Å²) >= 11 is 3.64. The predicted molar refractivity (Wildman–Crippen MR) is 64.5 cm³/mol. The maximum absolute atomic E-state index is 5.32. The van der Waals surface area contributed by atoms with Gasteiger partial charge in [-0.1, -0.05) is 29.3 Å². The van der Waals surface area contributed by atoms with Crippen molar-refractivity contribution < 1.29 is 4.74 Å². The quantitative estimate of drug-likeness (QED) is 0.747. The van der Waals surface area contributed by atoms with Crippen LogP contribution in [0.1, 0.15) is 32.4 Å². The molecule has 0 spiro atoms. The lowest BCUT2D eigenvalue weighted by Crippen LogP contribution is -2.05. The molecule has 0 bridgehead atoms. The molecule has 15 heavy (non-hydrogen) atoms. The van der Waals surface area contributed by atoms with Crippen LogP contribution in [0.5, 0.6) is 5.88 Å². The average molecular weight is 273 g/mol. The molecular weight excluding hydrogens is 256 g/mol. The molecule has 84 valence electrons. The van der Waals surface area contributed by atoms with Gasteiger partial charge in [-0.25, -0.2) is 9.97 Å². The Morgan fingerprint density at radius 1 is 1.40 bits per heavy atom. The molecule has 1 heterocycles. The Balaban J connectivity index is 2.56. The fourth-order valence-electron chi connectivity index (χ4n) is 1.36. The average Bonchev–Trinajstić information content (AvgIpc) is 2.19. The number of rotatable bonds is 6. The molecule has 4 heteroatoms. The molecule has 1 rings (SSSR count). The zero-order chi connectivity index (χ0) is 11.1. The van der Waals surface area contributed by atoms with E-state index in [1.54, 1.807) is 6.33 Å². The molecule has 0 aliphatic heterocycles. The minimum absolute atomic E-state index is 0.492. The second-order valence-corrected chi connectivity index (χ2v) is 4.67. The Morgan fingerprint density at radius 3 is 2.87 bits per heavy atom. The Hall–Kier alpha value is -0.640. The minimum Gasteiger partial charge on any atom is -0.478 e. The van der Waals surface area contributed by atoms with Crippen LogP contribution in [0.25, 0.3) is 0 Å². The largest absolute Gasteiger partial charge is 0.478 e. The first kappa shape index (κ1) is 12.4.